The van der Waals surface area contributed by atoms with Crippen LogP contribution in [-0.2, 0) is 6.42 Å². The average Bonchev–Trinajstić information content (AvgIpc) is 2.53. The molecule has 1 aliphatic rings. The molecule has 1 fully saturated rings. The van der Waals surface area contributed by atoms with Crippen LogP contribution in [0.25, 0.3) is 0 Å². The lowest BCUT2D eigenvalue weighted by Crippen LogP contribution is -2.37. The van der Waals surface area contributed by atoms with Crippen molar-refractivity contribution in [1.82, 2.24) is 10.2 Å². The van der Waals surface area contributed by atoms with Gasteiger partial charge in [-0.1, -0.05) is 12.1 Å². The molecule has 1 aromatic carbocycles. The molecule has 1 saturated heterocycles. The molecule has 0 amide bonds. The van der Waals surface area contributed by atoms with E-state index in [1.54, 1.807) is 12.1 Å². The SMILES string of the molecule is CC(CCc1ccc(OC(F)F)cc1)NCC1CCN(C)CC1. The highest BCUT2D eigenvalue weighted by Crippen LogP contribution is 2.17. The fourth-order valence-corrected chi connectivity index (χ4v) is 2.96. The van der Waals surface area contributed by atoms with Crippen LogP contribution >= 0.6 is 0 Å². The lowest BCUT2D eigenvalue weighted by Gasteiger charge is -2.30. The molecule has 5 heteroatoms. The summed E-state index contributed by atoms with van der Waals surface area (Å²) in [4.78, 5) is 2.39. The summed E-state index contributed by atoms with van der Waals surface area (Å²) in [6, 6.07) is 7.41. The normalized spacial score (nSPS) is 18.3. The lowest BCUT2D eigenvalue weighted by molar-refractivity contribution is -0.0498. The van der Waals surface area contributed by atoms with Gasteiger partial charge in [0.1, 0.15) is 5.75 Å². The Morgan fingerprint density at radius 1 is 1.22 bits per heavy atom. The molecule has 1 unspecified atom stereocenters. The second kappa shape index (κ2) is 9.18. The molecular formula is C18H28F2N2O. The molecule has 3 nitrogen and oxygen atoms in total. The lowest BCUT2D eigenvalue weighted by atomic mass is 9.96. The number of likely N-dealkylation sites (tertiary alicyclic amines) is 1. The fourth-order valence-electron chi connectivity index (χ4n) is 2.96. The van der Waals surface area contributed by atoms with Crippen molar-refractivity contribution in [1.29, 1.82) is 0 Å². The van der Waals surface area contributed by atoms with Gasteiger partial charge in [-0.25, -0.2) is 0 Å². The van der Waals surface area contributed by atoms with Crippen molar-refractivity contribution < 1.29 is 13.5 Å². The van der Waals surface area contributed by atoms with Crippen LogP contribution in [0.3, 0.4) is 0 Å². The van der Waals surface area contributed by atoms with E-state index in [0.717, 1.165) is 30.9 Å². The van der Waals surface area contributed by atoms with Crippen LogP contribution in [-0.4, -0.2) is 44.2 Å². The quantitative estimate of drug-likeness (QED) is 0.791. The summed E-state index contributed by atoms with van der Waals surface area (Å²) >= 11 is 0. The summed E-state index contributed by atoms with van der Waals surface area (Å²) in [7, 11) is 2.18. The van der Waals surface area contributed by atoms with Gasteiger partial charge in [-0.05, 0) is 82.9 Å². The predicted octanol–water partition coefficient (Wildman–Crippen LogP) is 3.54. The van der Waals surface area contributed by atoms with Gasteiger partial charge in [0.25, 0.3) is 0 Å². The molecule has 130 valence electrons. The summed E-state index contributed by atoms with van der Waals surface area (Å²) < 4.78 is 28.6. The molecule has 1 aliphatic heterocycles. The fraction of sp³-hybridized carbons (Fsp3) is 0.667. The van der Waals surface area contributed by atoms with Crippen molar-refractivity contribution in [2.45, 2.75) is 45.3 Å². The van der Waals surface area contributed by atoms with Gasteiger partial charge in [0.2, 0.25) is 0 Å². The Labute approximate surface area is 138 Å². The first-order valence-electron chi connectivity index (χ1n) is 8.48. The van der Waals surface area contributed by atoms with Crippen LogP contribution < -0.4 is 10.1 Å². The maximum atomic E-state index is 12.1. The van der Waals surface area contributed by atoms with Crippen LogP contribution in [0.4, 0.5) is 8.78 Å². The largest absolute Gasteiger partial charge is 0.435 e. The summed E-state index contributed by atoms with van der Waals surface area (Å²) in [6.45, 7) is 2.95. The predicted molar refractivity (Wildman–Crippen MR) is 89.1 cm³/mol. The minimum Gasteiger partial charge on any atom is -0.435 e. The number of benzene rings is 1. The Kier molecular flexibility index (Phi) is 7.24. The third-order valence-corrected chi connectivity index (χ3v) is 4.61. The third-order valence-electron chi connectivity index (χ3n) is 4.61. The molecule has 23 heavy (non-hydrogen) atoms. The molecule has 1 N–H and O–H groups in total. The van der Waals surface area contributed by atoms with Crippen LogP contribution in [0.15, 0.2) is 24.3 Å². The van der Waals surface area contributed by atoms with Gasteiger partial charge in [0.05, 0.1) is 0 Å². The van der Waals surface area contributed by atoms with Gasteiger partial charge >= 0.3 is 6.61 Å². The summed E-state index contributed by atoms with van der Waals surface area (Å²) in [6.07, 6.45) is 4.54. The van der Waals surface area contributed by atoms with E-state index in [4.69, 9.17) is 0 Å². The summed E-state index contributed by atoms with van der Waals surface area (Å²) in [5.74, 6) is 1.01. The minimum absolute atomic E-state index is 0.220. The van der Waals surface area contributed by atoms with Gasteiger partial charge in [0, 0.05) is 6.04 Å². The Morgan fingerprint density at radius 3 is 2.48 bits per heavy atom. The van der Waals surface area contributed by atoms with Crippen molar-refractivity contribution in [2.24, 2.45) is 5.92 Å². The van der Waals surface area contributed by atoms with Crippen LogP contribution in [0, 0.1) is 5.92 Å². The molecule has 0 aromatic heterocycles. The van der Waals surface area contributed by atoms with Crippen molar-refractivity contribution in [2.75, 3.05) is 26.7 Å². The molecular weight excluding hydrogens is 298 g/mol. The first kappa shape index (κ1) is 18.1. The Balaban J connectivity index is 1.64. The number of alkyl halides is 2. The van der Waals surface area contributed by atoms with Gasteiger partial charge in [0.15, 0.2) is 0 Å². The molecule has 1 aromatic rings. The third kappa shape index (κ3) is 6.83. The second-order valence-electron chi connectivity index (χ2n) is 6.62. The average molecular weight is 326 g/mol. The Bertz CT molecular complexity index is 445. The van der Waals surface area contributed by atoms with Crippen molar-refractivity contribution in [3.8, 4) is 5.75 Å². The highest BCUT2D eigenvalue weighted by molar-refractivity contribution is 5.27. The van der Waals surface area contributed by atoms with E-state index >= 15 is 0 Å². The van der Waals surface area contributed by atoms with E-state index in [1.807, 2.05) is 12.1 Å². The standard InChI is InChI=1S/C18H28F2N2O/c1-14(21-13-16-9-11-22(2)12-10-16)3-4-15-5-7-17(8-6-15)23-18(19)20/h5-8,14,16,18,21H,3-4,9-13H2,1-2H3. The number of hydrogen-bond donors (Lipinski definition) is 1. The van der Waals surface area contributed by atoms with Gasteiger partial charge in [-0.2, -0.15) is 8.78 Å². The summed E-state index contributed by atoms with van der Waals surface area (Å²) in [5.41, 5.74) is 1.15. The number of aryl methyl sites for hydroxylation is 1. The molecule has 2 rings (SSSR count). The zero-order valence-electron chi connectivity index (χ0n) is 14.1. The number of nitrogens with zero attached hydrogens (tertiary/aromatic N) is 1. The number of ether oxygens (including phenoxy) is 1. The van der Waals surface area contributed by atoms with E-state index in [2.05, 4.69) is 28.9 Å². The number of halogens is 2. The van der Waals surface area contributed by atoms with E-state index in [1.165, 1.54) is 25.9 Å². The number of hydrogen-bond acceptors (Lipinski definition) is 3. The van der Waals surface area contributed by atoms with E-state index in [0.29, 0.717) is 6.04 Å². The topological polar surface area (TPSA) is 24.5 Å². The number of nitrogens with one attached hydrogen (secondary N) is 1. The second-order valence-corrected chi connectivity index (χ2v) is 6.62. The molecule has 1 atom stereocenters. The maximum Gasteiger partial charge on any atom is 0.387 e. The highest BCUT2D eigenvalue weighted by atomic mass is 19.3. The van der Waals surface area contributed by atoms with E-state index in [-0.39, 0.29) is 5.75 Å². The summed E-state index contributed by atoms with van der Waals surface area (Å²) in [5, 5.41) is 3.63. The molecule has 1 heterocycles. The minimum atomic E-state index is -2.76. The Hall–Kier alpha value is -1.20. The molecule has 0 bridgehead atoms. The first-order chi connectivity index (χ1) is 11.0. The van der Waals surface area contributed by atoms with E-state index in [9.17, 15) is 8.78 Å². The van der Waals surface area contributed by atoms with Gasteiger partial charge in [-0.3, -0.25) is 0 Å². The number of rotatable bonds is 8. The van der Waals surface area contributed by atoms with Crippen LogP contribution in [0.2, 0.25) is 0 Å². The zero-order chi connectivity index (χ0) is 16.7. The Morgan fingerprint density at radius 2 is 1.87 bits per heavy atom. The van der Waals surface area contributed by atoms with Crippen molar-refractivity contribution in [3.05, 3.63) is 29.8 Å². The highest BCUT2D eigenvalue weighted by Gasteiger charge is 2.16. The molecule has 0 radical (unpaired) electrons. The zero-order valence-corrected chi connectivity index (χ0v) is 14.1. The molecule has 0 saturated carbocycles. The first-order valence-corrected chi connectivity index (χ1v) is 8.48. The van der Waals surface area contributed by atoms with Crippen molar-refractivity contribution in [3.63, 3.8) is 0 Å². The van der Waals surface area contributed by atoms with Crippen LogP contribution in [0.5, 0.6) is 5.75 Å². The smallest absolute Gasteiger partial charge is 0.387 e. The van der Waals surface area contributed by atoms with Crippen molar-refractivity contribution >= 4 is 0 Å². The van der Waals surface area contributed by atoms with E-state index < -0.39 is 6.61 Å². The molecule has 0 spiro atoms. The van der Waals surface area contributed by atoms with Crippen LogP contribution in [0.1, 0.15) is 31.7 Å². The van der Waals surface area contributed by atoms with Gasteiger partial charge < -0.3 is 15.0 Å². The van der Waals surface area contributed by atoms with Gasteiger partial charge in [-0.15, -0.1) is 0 Å². The maximum absolute atomic E-state index is 12.1. The molecule has 0 aliphatic carbocycles. The monoisotopic (exact) mass is 326 g/mol. The number of piperidine rings is 1.